The first-order valence-corrected chi connectivity index (χ1v) is 8.36. The largest absolute Gasteiger partial charge is 0.341 e. The Kier molecular flexibility index (Phi) is 6.13. The Balaban J connectivity index is 0.00000176. The number of benzene rings is 1. The lowest BCUT2D eigenvalue weighted by Crippen LogP contribution is -2.46. The molecule has 1 aromatic rings. The van der Waals surface area contributed by atoms with Crippen molar-refractivity contribution in [3.63, 3.8) is 0 Å². The molecular weight excluding hydrogens is 319 g/mol. The average molecular weight is 343 g/mol. The molecule has 1 heterocycles. The Labute approximate surface area is 143 Å². The zero-order valence-electron chi connectivity index (χ0n) is 12.8. The van der Waals surface area contributed by atoms with Crippen LogP contribution in [0.1, 0.15) is 37.7 Å². The molecule has 1 N–H and O–H groups in total. The normalized spacial score (nSPS) is 21.0. The number of nitrogens with one attached hydrogen (secondary N) is 1. The summed E-state index contributed by atoms with van der Waals surface area (Å²) in [6.07, 6.45) is 5.21. The minimum Gasteiger partial charge on any atom is -0.341 e. The summed E-state index contributed by atoms with van der Waals surface area (Å²) in [5, 5.41) is 4.10. The van der Waals surface area contributed by atoms with Crippen LogP contribution in [0, 0.1) is 0 Å². The number of carbonyl (C=O) groups is 1. The second-order valence-corrected chi connectivity index (χ2v) is 6.63. The van der Waals surface area contributed by atoms with Crippen molar-refractivity contribution >= 4 is 29.9 Å². The fraction of sp³-hybridized carbons (Fsp3) is 0.588. The lowest BCUT2D eigenvalue weighted by atomic mass is 9.77. The molecule has 22 heavy (non-hydrogen) atoms. The van der Waals surface area contributed by atoms with Crippen molar-refractivity contribution < 1.29 is 4.79 Å². The second-order valence-electron chi connectivity index (χ2n) is 6.20. The predicted molar refractivity (Wildman–Crippen MR) is 92.9 cm³/mol. The van der Waals surface area contributed by atoms with Crippen LogP contribution >= 0.6 is 24.0 Å². The third-order valence-electron chi connectivity index (χ3n) is 4.87. The second kappa shape index (κ2) is 7.67. The molecule has 5 heteroatoms. The number of rotatable bonds is 2. The van der Waals surface area contributed by atoms with E-state index in [0.29, 0.717) is 5.91 Å². The summed E-state index contributed by atoms with van der Waals surface area (Å²) in [4.78, 5) is 15.3. The minimum atomic E-state index is -0.338. The smallest absolute Gasteiger partial charge is 0.233 e. The third kappa shape index (κ3) is 3.42. The number of hydrogen-bond donors (Lipinski definition) is 1. The third-order valence-corrected chi connectivity index (χ3v) is 5.11. The van der Waals surface area contributed by atoms with E-state index in [-0.39, 0.29) is 17.8 Å². The van der Waals surface area contributed by atoms with E-state index in [9.17, 15) is 4.79 Å². The van der Waals surface area contributed by atoms with Gasteiger partial charge in [0.2, 0.25) is 5.91 Å². The van der Waals surface area contributed by atoms with E-state index in [1.54, 1.807) is 0 Å². The number of nitrogens with zero attached hydrogens (tertiary/aromatic N) is 1. The summed E-state index contributed by atoms with van der Waals surface area (Å²) in [6, 6.07) is 7.91. The molecule has 0 unspecified atom stereocenters. The van der Waals surface area contributed by atoms with Gasteiger partial charge in [-0.2, -0.15) is 0 Å². The molecule has 1 amide bonds. The quantitative estimate of drug-likeness (QED) is 0.893. The van der Waals surface area contributed by atoms with Gasteiger partial charge in [-0.15, -0.1) is 12.4 Å². The number of amides is 1. The maximum Gasteiger partial charge on any atom is 0.233 e. The van der Waals surface area contributed by atoms with Crippen molar-refractivity contribution in [2.75, 3.05) is 26.2 Å². The zero-order valence-corrected chi connectivity index (χ0v) is 14.4. The highest BCUT2D eigenvalue weighted by molar-refractivity contribution is 6.30. The highest BCUT2D eigenvalue weighted by atomic mass is 35.5. The van der Waals surface area contributed by atoms with E-state index >= 15 is 0 Å². The van der Waals surface area contributed by atoms with Gasteiger partial charge in [-0.1, -0.05) is 36.6 Å². The van der Waals surface area contributed by atoms with Crippen LogP contribution in [0.25, 0.3) is 0 Å². The molecule has 1 saturated carbocycles. The Morgan fingerprint density at radius 3 is 2.64 bits per heavy atom. The maximum atomic E-state index is 13.2. The van der Waals surface area contributed by atoms with E-state index in [0.717, 1.165) is 68.9 Å². The van der Waals surface area contributed by atoms with E-state index in [1.807, 2.05) is 18.2 Å². The summed E-state index contributed by atoms with van der Waals surface area (Å²) < 4.78 is 0. The molecule has 1 aliphatic heterocycles. The van der Waals surface area contributed by atoms with Crippen LogP contribution < -0.4 is 5.32 Å². The van der Waals surface area contributed by atoms with Gasteiger partial charge in [0, 0.05) is 24.7 Å². The van der Waals surface area contributed by atoms with Crippen molar-refractivity contribution in [3.8, 4) is 0 Å². The van der Waals surface area contributed by atoms with Crippen LogP contribution in [-0.2, 0) is 10.2 Å². The van der Waals surface area contributed by atoms with Crippen molar-refractivity contribution in [1.29, 1.82) is 0 Å². The zero-order chi connectivity index (χ0) is 14.7. The van der Waals surface area contributed by atoms with E-state index in [2.05, 4.69) is 16.3 Å². The van der Waals surface area contributed by atoms with Gasteiger partial charge in [-0.05, 0) is 43.5 Å². The molecule has 122 valence electrons. The van der Waals surface area contributed by atoms with Crippen LogP contribution in [0.15, 0.2) is 24.3 Å². The van der Waals surface area contributed by atoms with Crippen molar-refractivity contribution in [3.05, 3.63) is 34.9 Å². The summed E-state index contributed by atoms with van der Waals surface area (Å²) in [7, 11) is 0. The predicted octanol–water partition coefficient (Wildman–Crippen LogP) is 3.40. The highest BCUT2D eigenvalue weighted by Crippen LogP contribution is 2.43. The molecule has 0 atom stereocenters. The lowest BCUT2D eigenvalue weighted by molar-refractivity contribution is -0.137. The van der Waals surface area contributed by atoms with Crippen LogP contribution in [0.3, 0.4) is 0 Å². The molecule has 3 rings (SSSR count). The standard InChI is InChI=1S/C17H23ClN2O.ClH/c18-15-6-3-5-14(13-15)17(7-1-2-8-17)16(21)20-11-4-9-19-10-12-20;/h3,5-6,13,19H,1-2,4,7-12H2;1H. The average Bonchev–Trinajstić information content (AvgIpc) is 2.84. The fourth-order valence-electron chi connectivity index (χ4n) is 3.74. The molecule has 2 fully saturated rings. The minimum absolute atomic E-state index is 0. The van der Waals surface area contributed by atoms with Crippen LogP contribution in [0.5, 0.6) is 0 Å². The van der Waals surface area contributed by atoms with Crippen LogP contribution in [-0.4, -0.2) is 37.0 Å². The molecule has 1 saturated heterocycles. The van der Waals surface area contributed by atoms with Crippen molar-refractivity contribution in [2.24, 2.45) is 0 Å². The molecule has 0 bridgehead atoms. The number of carbonyl (C=O) groups excluding carboxylic acids is 1. The van der Waals surface area contributed by atoms with Gasteiger partial charge >= 0.3 is 0 Å². The Morgan fingerprint density at radius 2 is 1.91 bits per heavy atom. The van der Waals surface area contributed by atoms with Gasteiger partial charge < -0.3 is 10.2 Å². The number of halogens is 2. The molecule has 1 aromatic carbocycles. The molecule has 2 aliphatic rings. The molecule has 0 spiro atoms. The van der Waals surface area contributed by atoms with Gasteiger partial charge in [-0.3, -0.25) is 4.79 Å². The summed E-state index contributed by atoms with van der Waals surface area (Å²) in [6.45, 7) is 3.60. The summed E-state index contributed by atoms with van der Waals surface area (Å²) in [5.74, 6) is 0.311. The van der Waals surface area contributed by atoms with Crippen LogP contribution in [0.2, 0.25) is 5.02 Å². The van der Waals surface area contributed by atoms with Gasteiger partial charge in [0.1, 0.15) is 0 Å². The SMILES string of the molecule is Cl.O=C(N1CCCNCC1)C1(c2cccc(Cl)c2)CCCC1. The first-order valence-electron chi connectivity index (χ1n) is 7.98. The van der Waals surface area contributed by atoms with E-state index in [4.69, 9.17) is 11.6 Å². The molecule has 1 aliphatic carbocycles. The molecule has 3 nitrogen and oxygen atoms in total. The lowest BCUT2D eigenvalue weighted by Gasteiger charge is -2.34. The highest BCUT2D eigenvalue weighted by Gasteiger charge is 2.44. The van der Waals surface area contributed by atoms with E-state index < -0.39 is 0 Å². The Morgan fingerprint density at radius 1 is 1.14 bits per heavy atom. The Hall–Kier alpha value is -0.770. The van der Waals surface area contributed by atoms with E-state index in [1.165, 1.54) is 0 Å². The first kappa shape index (κ1) is 17.6. The van der Waals surface area contributed by atoms with Crippen molar-refractivity contribution in [1.82, 2.24) is 10.2 Å². The van der Waals surface area contributed by atoms with Gasteiger partial charge in [0.05, 0.1) is 5.41 Å². The fourth-order valence-corrected chi connectivity index (χ4v) is 3.93. The summed E-state index contributed by atoms with van der Waals surface area (Å²) in [5.41, 5.74) is 0.768. The van der Waals surface area contributed by atoms with Gasteiger partial charge in [0.15, 0.2) is 0 Å². The monoisotopic (exact) mass is 342 g/mol. The Bertz CT molecular complexity index is 507. The summed E-state index contributed by atoms with van der Waals surface area (Å²) >= 11 is 6.17. The van der Waals surface area contributed by atoms with Crippen LogP contribution in [0.4, 0.5) is 0 Å². The first-order chi connectivity index (χ1) is 10.2. The van der Waals surface area contributed by atoms with Crippen molar-refractivity contribution in [2.45, 2.75) is 37.5 Å². The van der Waals surface area contributed by atoms with Gasteiger partial charge in [0.25, 0.3) is 0 Å². The van der Waals surface area contributed by atoms with Gasteiger partial charge in [-0.25, -0.2) is 0 Å². The molecule has 0 aromatic heterocycles. The molecule has 0 radical (unpaired) electrons. The number of hydrogen-bond acceptors (Lipinski definition) is 2. The maximum absolute atomic E-state index is 13.2. The topological polar surface area (TPSA) is 32.3 Å². The molecular formula is C17H24Cl2N2O.